The maximum Gasteiger partial charge on any atom is 0.418 e. The van der Waals surface area contributed by atoms with Crippen molar-refractivity contribution in [2.24, 2.45) is 0 Å². The highest BCUT2D eigenvalue weighted by Crippen LogP contribution is 2.38. The van der Waals surface area contributed by atoms with Crippen molar-refractivity contribution in [3.05, 3.63) is 119 Å². The summed E-state index contributed by atoms with van der Waals surface area (Å²) in [6.45, 7) is 2.30. The Hall–Kier alpha value is -4.00. The van der Waals surface area contributed by atoms with Crippen molar-refractivity contribution >= 4 is 11.7 Å². The minimum Gasteiger partial charge on any atom is -0.318 e. The third kappa shape index (κ3) is 4.30. The summed E-state index contributed by atoms with van der Waals surface area (Å²) in [4.78, 5) is 15.3. The van der Waals surface area contributed by atoms with E-state index in [1.807, 2.05) is 71.4 Å². The predicted octanol–water partition coefficient (Wildman–Crippen LogP) is 7.20. The van der Waals surface area contributed by atoms with Crippen LogP contribution < -0.4 is 5.32 Å². The Morgan fingerprint density at radius 2 is 1.66 bits per heavy atom. The summed E-state index contributed by atoms with van der Waals surface area (Å²) < 4.78 is 42.9. The van der Waals surface area contributed by atoms with Gasteiger partial charge in [0.25, 0.3) is 0 Å². The van der Waals surface area contributed by atoms with Gasteiger partial charge < -0.3 is 14.8 Å². The second-order valence-electron chi connectivity index (χ2n) is 8.53. The summed E-state index contributed by atoms with van der Waals surface area (Å²) in [5.74, 6) is 0. The molecule has 0 radical (unpaired) electrons. The van der Waals surface area contributed by atoms with Crippen LogP contribution in [0, 0.1) is 0 Å². The number of rotatable bonds is 3. The van der Waals surface area contributed by atoms with Gasteiger partial charge in [0.2, 0.25) is 0 Å². The Bertz CT molecular complexity index is 1360. The molecular formula is C28H24F3N3O. The van der Waals surface area contributed by atoms with E-state index < -0.39 is 23.8 Å². The lowest BCUT2D eigenvalue weighted by atomic mass is 10.00. The summed E-state index contributed by atoms with van der Waals surface area (Å²) in [5, 5.41) is 2.55. The largest absolute Gasteiger partial charge is 0.418 e. The van der Waals surface area contributed by atoms with Gasteiger partial charge in [-0.05, 0) is 53.4 Å². The molecule has 1 atom stereocenters. The van der Waals surface area contributed by atoms with E-state index in [2.05, 4.69) is 12.2 Å². The second-order valence-corrected chi connectivity index (χ2v) is 8.53. The number of halogens is 3. The molecule has 1 unspecified atom stereocenters. The van der Waals surface area contributed by atoms with E-state index in [1.165, 1.54) is 18.2 Å². The number of alkyl halides is 3. The zero-order valence-corrected chi connectivity index (χ0v) is 19.1. The Morgan fingerprint density at radius 1 is 0.943 bits per heavy atom. The number of anilines is 1. The van der Waals surface area contributed by atoms with Crippen molar-refractivity contribution in [1.29, 1.82) is 0 Å². The average molecular weight is 476 g/mol. The molecule has 5 rings (SSSR count). The van der Waals surface area contributed by atoms with Crippen molar-refractivity contribution in [3.63, 3.8) is 0 Å². The third-order valence-electron chi connectivity index (χ3n) is 6.40. The van der Waals surface area contributed by atoms with Crippen LogP contribution in [-0.4, -0.2) is 15.5 Å². The molecule has 1 N–H and O–H groups in total. The first kappa shape index (κ1) is 22.8. The summed E-state index contributed by atoms with van der Waals surface area (Å²) in [7, 11) is 0. The topological polar surface area (TPSA) is 37.3 Å². The number of amides is 2. The number of hydrogen-bond acceptors (Lipinski definition) is 1. The van der Waals surface area contributed by atoms with Crippen LogP contribution in [0.25, 0.3) is 5.69 Å². The number of fused-ring (bicyclic) bond motifs is 3. The molecule has 0 saturated heterocycles. The minimum absolute atomic E-state index is 0.234. The van der Waals surface area contributed by atoms with Gasteiger partial charge in [-0.15, -0.1) is 0 Å². The van der Waals surface area contributed by atoms with Crippen molar-refractivity contribution in [2.75, 3.05) is 5.32 Å². The van der Waals surface area contributed by atoms with Crippen molar-refractivity contribution < 1.29 is 18.0 Å². The van der Waals surface area contributed by atoms with Crippen LogP contribution >= 0.6 is 0 Å². The molecule has 2 heterocycles. The molecule has 3 aromatic carbocycles. The van der Waals surface area contributed by atoms with Gasteiger partial charge in [0.05, 0.1) is 29.5 Å². The molecule has 0 saturated carbocycles. The molecule has 0 spiro atoms. The van der Waals surface area contributed by atoms with Crippen LogP contribution in [0.15, 0.2) is 91.1 Å². The van der Waals surface area contributed by atoms with Crippen LogP contribution in [0.1, 0.15) is 40.9 Å². The number of para-hydroxylation sites is 2. The second kappa shape index (κ2) is 8.98. The molecule has 7 heteroatoms. The van der Waals surface area contributed by atoms with Crippen LogP contribution in [0.4, 0.5) is 23.7 Å². The molecule has 4 nitrogen and oxygen atoms in total. The van der Waals surface area contributed by atoms with Gasteiger partial charge in [-0.3, -0.25) is 0 Å². The number of aryl methyl sites for hydroxylation is 1. The minimum atomic E-state index is -4.58. The highest BCUT2D eigenvalue weighted by molar-refractivity contribution is 5.91. The fourth-order valence-corrected chi connectivity index (χ4v) is 4.65. The molecule has 35 heavy (non-hydrogen) atoms. The lowest BCUT2D eigenvalue weighted by Gasteiger charge is -2.31. The fraction of sp³-hybridized carbons (Fsp3) is 0.179. The zero-order chi connectivity index (χ0) is 24.6. The molecule has 0 aliphatic carbocycles. The predicted molar refractivity (Wildman–Crippen MR) is 129 cm³/mol. The number of aromatic nitrogens is 1. The molecule has 2 amide bonds. The first-order chi connectivity index (χ1) is 16.9. The smallest absolute Gasteiger partial charge is 0.318 e. The van der Waals surface area contributed by atoms with Crippen LogP contribution in [0.5, 0.6) is 0 Å². The summed E-state index contributed by atoms with van der Waals surface area (Å²) in [6, 6.07) is 23.6. The number of urea groups is 1. The van der Waals surface area contributed by atoms with Gasteiger partial charge in [-0.25, -0.2) is 4.79 Å². The van der Waals surface area contributed by atoms with Crippen LogP contribution in [-0.2, 0) is 19.1 Å². The molecule has 1 aromatic heterocycles. The molecular weight excluding hydrogens is 451 g/mol. The van der Waals surface area contributed by atoms with Gasteiger partial charge in [0.15, 0.2) is 0 Å². The van der Waals surface area contributed by atoms with Crippen molar-refractivity contribution in [1.82, 2.24) is 9.47 Å². The first-order valence-corrected chi connectivity index (χ1v) is 11.4. The number of nitrogens with one attached hydrogen (secondary N) is 1. The quantitative estimate of drug-likeness (QED) is 0.334. The summed E-state index contributed by atoms with van der Waals surface area (Å²) in [5.41, 5.74) is 3.60. The lowest BCUT2D eigenvalue weighted by molar-refractivity contribution is -0.136. The molecule has 1 aliphatic heterocycles. The average Bonchev–Trinajstić information content (AvgIpc) is 3.28. The van der Waals surface area contributed by atoms with Gasteiger partial charge in [-0.2, -0.15) is 13.2 Å². The van der Waals surface area contributed by atoms with Gasteiger partial charge >= 0.3 is 12.2 Å². The molecule has 1 aliphatic rings. The number of carbonyl (C=O) groups excluding carboxylic acids is 1. The Kier molecular flexibility index (Phi) is 5.84. The number of carbonyl (C=O) groups is 1. The standard InChI is InChI=1S/C28H24F3N3O/c1-2-19-13-15-20(16-14-19)26-25-12-7-17-33(25)24-11-6-3-8-21(24)18-34(26)27(35)32-23-10-5-4-9-22(23)28(29,30)31/h3-17,26H,2,18H2,1H3,(H,32,35). The Balaban J connectivity index is 1.62. The van der Waals surface area contributed by atoms with E-state index in [0.29, 0.717) is 0 Å². The highest BCUT2D eigenvalue weighted by Gasteiger charge is 2.36. The van der Waals surface area contributed by atoms with E-state index in [9.17, 15) is 18.0 Å². The number of hydrogen-bond donors (Lipinski definition) is 1. The highest BCUT2D eigenvalue weighted by atomic mass is 19.4. The fourth-order valence-electron chi connectivity index (χ4n) is 4.65. The van der Waals surface area contributed by atoms with Gasteiger partial charge in [0.1, 0.15) is 0 Å². The Labute approximate surface area is 201 Å². The normalized spacial score (nSPS) is 15.2. The van der Waals surface area contributed by atoms with E-state index in [-0.39, 0.29) is 12.2 Å². The van der Waals surface area contributed by atoms with E-state index >= 15 is 0 Å². The Morgan fingerprint density at radius 3 is 2.40 bits per heavy atom. The van der Waals surface area contributed by atoms with E-state index in [4.69, 9.17) is 0 Å². The maximum absolute atomic E-state index is 13.7. The van der Waals surface area contributed by atoms with Gasteiger partial charge in [-0.1, -0.05) is 61.5 Å². The zero-order valence-electron chi connectivity index (χ0n) is 19.1. The third-order valence-corrected chi connectivity index (χ3v) is 6.40. The molecule has 0 bridgehead atoms. The monoisotopic (exact) mass is 475 g/mol. The van der Waals surface area contributed by atoms with E-state index in [1.54, 1.807) is 4.90 Å². The molecule has 4 aromatic rings. The summed E-state index contributed by atoms with van der Waals surface area (Å²) in [6.07, 6.45) is -1.76. The van der Waals surface area contributed by atoms with E-state index in [0.717, 1.165) is 40.6 Å². The van der Waals surface area contributed by atoms with Crippen molar-refractivity contribution in [2.45, 2.75) is 32.1 Å². The molecule has 178 valence electrons. The van der Waals surface area contributed by atoms with Crippen LogP contribution in [0.2, 0.25) is 0 Å². The number of nitrogens with zero attached hydrogens (tertiary/aromatic N) is 2. The van der Waals surface area contributed by atoms with Gasteiger partial charge in [0, 0.05) is 11.9 Å². The first-order valence-electron chi connectivity index (χ1n) is 11.4. The van der Waals surface area contributed by atoms with Crippen molar-refractivity contribution in [3.8, 4) is 5.69 Å². The SMILES string of the molecule is CCc1ccc(C2c3cccn3-c3ccccc3CN2C(=O)Nc2ccccc2C(F)(F)F)cc1. The molecule has 0 fully saturated rings. The summed E-state index contributed by atoms with van der Waals surface area (Å²) >= 11 is 0. The van der Waals surface area contributed by atoms with Crippen LogP contribution in [0.3, 0.4) is 0 Å². The number of benzene rings is 3. The lowest BCUT2D eigenvalue weighted by Crippen LogP contribution is -2.38. The maximum atomic E-state index is 13.7.